The number of rotatable bonds is 6. The number of fused-ring (bicyclic) bond motifs is 1. The van der Waals surface area contributed by atoms with Crippen molar-refractivity contribution in [2.45, 2.75) is 0 Å². The number of carbonyl (C=O) groups excluding carboxylic acids is 1. The van der Waals surface area contributed by atoms with Gasteiger partial charge in [0.05, 0.1) is 7.11 Å². The van der Waals surface area contributed by atoms with E-state index in [1.54, 1.807) is 43.5 Å². The van der Waals surface area contributed by atoms with Crippen LogP contribution in [0.4, 0.5) is 0 Å². The van der Waals surface area contributed by atoms with E-state index < -0.39 is 5.63 Å². The highest BCUT2D eigenvalue weighted by Crippen LogP contribution is 2.29. The molecule has 5 heteroatoms. The van der Waals surface area contributed by atoms with E-state index in [9.17, 15) is 9.59 Å². The highest BCUT2D eigenvalue weighted by molar-refractivity contribution is 5.98. The lowest BCUT2D eigenvalue weighted by Crippen LogP contribution is -2.11. The highest BCUT2D eigenvalue weighted by Gasteiger charge is 2.11. The van der Waals surface area contributed by atoms with Crippen molar-refractivity contribution in [3.63, 3.8) is 0 Å². The van der Waals surface area contributed by atoms with Crippen LogP contribution in [0.3, 0.4) is 0 Å². The molecule has 144 valence electrons. The summed E-state index contributed by atoms with van der Waals surface area (Å²) in [6.45, 7) is -0.138. The van der Waals surface area contributed by atoms with E-state index in [4.69, 9.17) is 13.9 Å². The number of methoxy groups -OCH3 is 1. The number of benzene rings is 3. The fourth-order valence-electron chi connectivity index (χ4n) is 3.12. The molecule has 4 rings (SSSR count). The molecule has 0 bridgehead atoms. The SMILES string of the molecule is COc1cccc(C(=O)COc2ccc3c(-c4ccccc4)cc(=O)oc3c2)c1. The maximum Gasteiger partial charge on any atom is 0.336 e. The van der Waals surface area contributed by atoms with Crippen molar-refractivity contribution in [1.29, 1.82) is 0 Å². The minimum absolute atomic E-state index is 0.138. The summed E-state index contributed by atoms with van der Waals surface area (Å²) < 4.78 is 16.1. The monoisotopic (exact) mass is 386 g/mol. The van der Waals surface area contributed by atoms with Gasteiger partial charge in [-0.15, -0.1) is 0 Å². The lowest BCUT2D eigenvalue weighted by atomic mass is 10.0. The fourth-order valence-corrected chi connectivity index (χ4v) is 3.12. The summed E-state index contributed by atoms with van der Waals surface area (Å²) >= 11 is 0. The molecule has 0 aliphatic heterocycles. The predicted molar refractivity (Wildman–Crippen MR) is 111 cm³/mol. The molecule has 0 N–H and O–H groups in total. The first kappa shape index (κ1) is 18.5. The Bertz CT molecular complexity index is 1220. The molecule has 5 nitrogen and oxygen atoms in total. The van der Waals surface area contributed by atoms with Gasteiger partial charge in [0.2, 0.25) is 0 Å². The van der Waals surface area contributed by atoms with Crippen molar-refractivity contribution >= 4 is 16.8 Å². The maximum absolute atomic E-state index is 12.4. The van der Waals surface area contributed by atoms with Crippen LogP contribution < -0.4 is 15.1 Å². The molecule has 0 atom stereocenters. The Hall–Kier alpha value is -3.86. The molecule has 0 saturated carbocycles. The van der Waals surface area contributed by atoms with E-state index in [-0.39, 0.29) is 12.4 Å². The van der Waals surface area contributed by atoms with Crippen LogP contribution in [-0.4, -0.2) is 19.5 Å². The molecule has 29 heavy (non-hydrogen) atoms. The standard InChI is InChI=1S/C24H18O5/c1-27-18-9-5-8-17(12-18)22(25)15-28-19-10-11-20-21(16-6-3-2-4-7-16)14-24(26)29-23(20)13-19/h2-14H,15H2,1H3. The minimum Gasteiger partial charge on any atom is -0.497 e. The molecule has 1 aromatic heterocycles. The van der Waals surface area contributed by atoms with Crippen molar-refractivity contribution < 1.29 is 18.7 Å². The number of carbonyl (C=O) groups is 1. The Labute approximate surface area is 167 Å². The number of hydrogen-bond donors (Lipinski definition) is 0. The zero-order chi connectivity index (χ0) is 20.2. The van der Waals surface area contributed by atoms with E-state index in [1.165, 1.54) is 6.07 Å². The summed E-state index contributed by atoms with van der Waals surface area (Å²) in [6, 6.07) is 23.2. The van der Waals surface area contributed by atoms with E-state index in [2.05, 4.69) is 0 Å². The van der Waals surface area contributed by atoms with Gasteiger partial charge in [0.15, 0.2) is 12.4 Å². The van der Waals surface area contributed by atoms with Crippen LogP contribution in [0, 0.1) is 0 Å². The normalized spacial score (nSPS) is 10.7. The second-order valence-electron chi connectivity index (χ2n) is 6.45. The van der Waals surface area contributed by atoms with E-state index in [1.807, 2.05) is 36.4 Å². The van der Waals surface area contributed by atoms with Gasteiger partial charge in [0, 0.05) is 23.1 Å². The molecule has 4 aromatic rings. The van der Waals surface area contributed by atoms with Crippen molar-refractivity contribution in [2.24, 2.45) is 0 Å². The van der Waals surface area contributed by atoms with Crippen molar-refractivity contribution in [3.05, 3.63) is 94.8 Å². The molecular weight excluding hydrogens is 368 g/mol. The van der Waals surface area contributed by atoms with Gasteiger partial charge >= 0.3 is 5.63 Å². The molecule has 0 radical (unpaired) electrons. The van der Waals surface area contributed by atoms with Crippen LogP contribution >= 0.6 is 0 Å². The summed E-state index contributed by atoms with van der Waals surface area (Å²) in [5.74, 6) is 0.877. The lowest BCUT2D eigenvalue weighted by molar-refractivity contribution is 0.0921. The fraction of sp³-hybridized carbons (Fsp3) is 0.0833. The third-order valence-corrected chi connectivity index (χ3v) is 4.56. The molecule has 0 fully saturated rings. The Balaban J connectivity index is 1.59. The molecule has 3 aromatic carbocycles. The minimum atomic E-state index is -0.444. The first-order valence-electron chi connectivity index (χ1n) is 9.07. The molecule has 0 saturated heterocycles. The summed E-state index contributed by atoms with van der Waals surface area (Å²) in [5.41, 5.74) is 2.18. The summed E-state index contributed by atoms with van der Waals surface area (Å²) in [5, 5.41) is 0.794. The smallest absolute Gasteiger partial charge is 0.336 e. The zero-order valence-electron chi connectivity index (χ0n) is 15.8. The largest absolute Gasteiger partial charge is 0.497 e. The molecular formula is C24H18O5. The summed E-state index contributed by atoms with van der Waals surface area (Å²) in [7, 11) is 1.55. The first-order valence-corrected chi connectivity index (χ1v) is 9.07. The number of ether oxygens (including phenoxy) is 2. The van der Waals surface area contributed by atoms with Crippen molar-refractivity contribution in [2.75, 3.05) is 13.7 Å². The quantitative estimate of drug-likeness (QED) is 0.354. The molecule has 0 aliphatic rings. The average Bonchev–Trinajstić information content (AvgIpc) is 2.77. The van der Waals surface area contributed by atoms with Gasteiger partial charge in [-0.05, 0) is 35.4 Å². The zero-order valence-corrected chi connectivity index (χ0v) is 15.8. The van der Waals surface area contributed by atoms with Crippen molar-refractivity contribution in [1.82, 2.24) is 0 Å². The third kappa shape index (κ3) is 4.04. The topological polar surface area (TPSA) is 65.7 Å². The van der Waals surface area contributed by atoms with E-state index in [0.29, 0.717) is 22.6 Å². The van der Waals surface area contributed by atoms with Gasteiger partial charge < -0.3 is 13.9 Å². The summed E-state index contributed by atoms with van der Waals surface area (Å²) in [4.78, 5) is 24.4. The van der Waals surface area contributed by atoms with E-state index >= 15 is 0 Å². The van der Waals surface area contributed by atoms with Crippen LogP contribution in [-0.2, 0) is 0 Å². The van der Waals surface area contributed by atoms with Gasteiger partial charge in [-0.25, -0.2) is 4.79 Å². The Morgan fingerprint density at radius 3 is 2.52 bits per heavy atom. The van der Waals surface area contributed by atoms with Crippen LogP contribution in [0.15, 0.2) is 88.1 Å². The van der Waals surface area contributed by atoms with Crippen molar-refractivity contribution in [3.8, 4) is 22.6 Å². The van der Waals surface area contributed by atoms with Crippen LogP contribution in [0.25, 0.3) is 22.1 Å². The number of ketones is 1. The predicted octanol–water partition coefficient (Wildman–Crippen LogP) is 4.73. The first-order chi connectivity index (χ1) is 14.1. The second kappa shape index (κ2) is 8.02. The Morgan fingerprint density at radius 2 is 1.72 bits per heavy atom. The molecule has 1 heterocycles. The van der Waals surface area contributed by atoms with E-state index in [0.717, 1.165) is 16.5 Å². The maximum atomic E-state index is 12.4. The second-order valence-corrected chi connectivity index (χ2v) is 6.45. The van der Waals surface area contributed by atoms with Gasteiger partial charge in [0.25, 0.3) is 0 Å². The summed E-state index contributed by atoms with van der Waals surface area (Å²) in [6.07, 6.45) is 0. The number of Topliss-reactive ketones (excluding diaryl/α,β-unsaturated/α-hetero) is 1. The van der Waals surface area contributed by atoms with Crippen LogP contribution in [0.2, 0.25) is 0 Å². The molecule has 0 amide bonds. The number of hydrogen-bond acceptors (Lipinski definition) is 5. The Kier molecular flexibility index (Phi) is 5.12. The average molecular weight is 386 g/mol. The molecule has 0 unspecified atom stereocenters. The molecule has 0 spiro atoms. The Morgan fingerprint density at radius 1 is 0.897 bits per heavy atom. The molecule has 0 aliphatic carbocycles. The van der Waals surface area contributed by atoms with Gasteiger partial charge in [-0.1, -0.05) is 42.5 Å². The van der Waals surface area contributed by atoms with Gasteiger partial charge in [-0.3, -0.25) is 4.79 Å². The highest BCUT2D eigenvalue weighted by atomic mass is 16.5. The van der Waals surface area contributed by atoms with Gasteiger partial charge in [0.1, 0.15) is 17.1 Å². The van der Waals surface area contributed by atoms with Gasteiger partial charge in [-0.2, -0.15) is 0 Å². The lowest BCUT2D eigenvalue weighted by Gasteiger charge is -2.09. The van der Waals surface area contributed by atoms with Crippen LogP contribution in [0.5, 0.6) is 11.5 Å². The van der Waals surface area contributed by atoms with Crippen LogP contribution in [0.1, 0.15) is 10.4 Å². The third-order valence-electron chi connectivity index (χ3n) is 4.56.